The van der Waals surface area contributed by atoms with Gasteiger partial charge in [0.15, 0.2) is 5.58 Å². The van der Waals surface area contributed by atoms with Crippen LogP contribution >= 0.6 is 0 Å². The zero-order valence-corrected chi connectivity index (χ0v) is 15.3. The number of carbonyl (C=O) groups excluding carboxylic acids is 1. The summed E-state index contributed by atoms with van der Waals surface area (Å²) in [5, 5.41) is 0. The number of piperidine rings is 1. The minimum Gasteiger partial charge on any atom is -0.496 e. The van der Waals surface area contributed by atoms with Gasteiger partial charge in [0.1, 0.15) is 17.9 Å². The molecule has 0 atom stereocenters. The third kappa shape index (κ3) is 3.74. The van der Waals surface area contributed by atoms with Gasteiger partial charge in [-0.25, -0.2) is 0 Å². The predicted molar refractivity (Wildman–Crippen MR) is 102 cm³/mol. The highest BCUT2D eigenvalue weighted by Gasteiger charge is 2.28. The Morgan fingerprint density at radius 3 is 2.67 bits per heavy atom. The van der Waals surface area contributed by atoms with Gasteiger partial charge in [-0.05, 0) is 31.0 Å². The van der Waals surface area contributed by atoms with Gasteiger partial charge in [-0.3, -0.25) is 4.79 Å². The summed E-state index contributed by atoms with van der Waals surface area (Å²) in [4.78, 5) is 19.1. The van der Waals surface area contributed by atoms with Crippen molar-refractivity contribution in [1.29, 1.82) is 0 Å². The first-order valence-electron chi connectivity index (χ1n) is 9.13. The Kier molecular flexibility index (Phi) is 4.96. The fourth-order valence-corrected chi connectivity index (χ4v) is 3.39. The number of hydrogen-bond donors (Lipinski definition) is 0. The van der Waals surface area contributed by atoms with E-state index < -0.39 is 0 Å². The number of esters is 1. The number of rotatable bonds is 5. The Morgan fingerprint density at radius 1 is 1.15 bits per heavy atom. The van der Waals surface area contributed by atoms with Gasteiger partial charge in [-0.1, -0.05) is 30.3 Å². The SMILES string of the molecule is COc1ccccc1COC(=O)C1CCN(c2nc3ccccc3o2)CC1. The van der Waals surface area contributed by atoms with Crippen LogP contribution in [-0.4, -0.2) is 31.2 Å². The summed E-state index contributed by atoms with van der Waals surface area (Å²) in [5.41, 5.74) is 2.51. The van der Waals surface area contributed by atoms with Crippen LogP contribution in [0, 0.1) is 5.92 Å². The van der Waals surface area contributed by atoms with E-state index in [9.17, 15) is 4.79 Å². The number of anilines is 1. The van der Waals surface area contributed by atoms with Gasteiger partial charge in [0.05, 0.1) is 13.0 Å². The van der Waals surface area contributed by atoms with Crippen molar-refractivity contribution >= 4 is 23.1 Å². The molecule has 140 valence electrons. The van der Waals surface area contributed by atoms with Crippen LogP contribution in [-0.2, 0) is 16.1 Å². The van der Waals surface area contributed by atoms with Gasteiger partial charge < -0.3 is 18.8 Å². The lowest BCUT2D eigenvalue weighted by atomic mass is 9.97. The van der Waals surface area contributed by atoms with E-state index in [1.165, 1.54) is 0 Å². The number of nitrogens with zero attached hydrogens (tertiary/aromatic N) is 2. The molecular formula is C21H22N2O4. The zero-order chi connectivity index (χ0) is 18.6. The lowest BCUT2D eigenvalue weighted by molar-refractivity contribution is -0.150. The van der Waals surface area contributed by atoms with Crippen molar-refractivity contribution in [3.8, 4) is 5.75 Å². The molecule has 1 fully saturated rings. The Morgan fingerprint density at radius 2 is 1.89 bits per heavy atom. The van der Waals surface area contributed by atoms with E-state index in [0.29, 0.717) is 6.01 Å². The molecule has 0 amide bonds. The smallest absolute Gasteiger partial charge is 0.309 e. The molecule has 4 rings (SSSR count). The summed E-state index contributed by atoms with van der Waals surface area (Å²) in [6.07, 6.45) is 1.45. The molecular weight excluding hydrogens is 344 g/mol. The van der Waals surface area contributed by atoms with Crippen molar-refractivity contribution in [3.05, 3.63) is 54.1 Å². The highest BCUT2D eigenvalue weighted by Crippen LogP contribution is 2.27. The average molecular weight is 366 g/mol. The van der Waals surface area contributed by atoms with Crippen molar-refractivity contribution in [2.75, 3.05) is 25.1 Å². The molecule has 0 saturated carbocycles. The molecule has 1 aromatic heterocycles. The second kappa shape index (κ2) is 7.70. The maximum absolute atomic E-state index is 12.4. The predicted octanol–water partition coefficient (Wildman–Crippen LogP) is 3.80. The number of hydrogen-bond acceptors (Lipinski definition) is 6. The standard InChI is InChI=1S/C21H22N2O4/c1-25-18-8-4-2-6-16(18)14-26-20(24)15-10-12-23(13-11-15)21-22-17-7-3-5-9-19(17)27-21/h2-9,15H,10-14H2,1H3. The van der Waals surface area contributed by atoms with Gasteiger partial charge in [0, 0.05) is 18.7 Å². The molecule has 6 heteroatoms. The van der Waals surface area contributed by atoms with Gasteiger partial charge in [0.25, 0.3) is 6.01 Å². The van der Waals surface area contributed by atoms with E-state index >= 15 is 0 Å². The monoisotopic (exact) mass is 366 g/mol. The molecule has 2 aromatic carbocycles. The Labute approximate surface area is 157 Å². The van der Waals surface area contributed by atoms with Crippen LogP contribution in [0.4, 0.5) is 6.01 Å². The maximum Gasteiger partial charge on any atom is 0.309 e. The van der Waals surface area contributed by atoms with Crippen molar-refractivity contribution < 1.29 is 18.7 Å². The van der Waals surface area contributed by atoms with Gasteiger partial charge in [-0.15, -0.1) is 0 Å². The zero-order valence-electron chi connectivity index (χ0n) is 15.3. The van der Waals surface area contributed by atoms with E-state index in [2.05, 4.69) is 9.88 Å². The minimum absolute atomic E-state index is 0.0969. The Hall–Kier alpha value is -3.02. The summed E-state index contributed by atoms with van der Waals surface area (Å²) < 4.78 is 16.6. The number of aromatic nitrogens is 1. The summed E-state index contributed by atoms with van der Waals surface area (Å²) in [6, 6.07) is 15.9. The first kappa shape index (κ1) is 17.4. The number of carbonyl (C=O) groups is 1. The molecule has 0 spiro atoms. The molecule has 3 aromatic rings. The fourth-order valence-electron chi connectivity index (χ4n) is 3.39. The number of para-hydroxylation sites is 3. The highest BCUT2D eigenvalue weighted by atomic mass is 16.5. The van der Waals surface area contributed by atoms with E-state index in [1.54, 1.807) is 7.11 Å². The number of fused-ring (bicyclic) bond motifs is 1. The lowest BCUT2D eigenvalue weighted by Crippen LogP contribution is -2.37. The molecule has 0 bridgehead atoms. The molecule has 27 heavy (non-hydrogen) atoms. The third-order valence-electron chi connectivity index (χ3n) is 4.94. The van der Waals surface area contributed by atoms with Crippen LogP contribution in [0.5, 0.6) is 5.75 Å². The van der Waals surface area contributed by atoms with Gasteiger partial charge in [0.2, 0.25) is 0 Å². The van der Waals surface area contributed by atoms with Crippen molar-refractivity contribution in [1.82, 2.24) is 4.98 Å². The maximum atomic E-state index is 12.4. The normalized spacial score (nSPS) is 15.1. The molecule has 0 radical (unpaired) electrons. The Balaban J connectivity index is 1.32. The summed E-state index contributed by atoms with van der Waals surface area (Å²) >= 11 is 0. The van der Waals surface area contributed by atoms with Gasteiger partial charge in [-0.2, -0.15) is 4.98 Å². The van der Waals surface area contributed by atoms with E-state index in [0.717, 1.165) is 48.3 Å². The molecule has 0 unspecified atom stereocenters. The molecule has 1 aliphatic rings. The topological polar surface area (TPSA) is 64.8 Å². The molecule has 1 saturated heterocycles. The average Bonchev–Trinajstić information content (AvgIpc) is 3.16. The highest BCUT2D eigenvalue weighted by molar-refractivity contribution is 5.75. The van der Waals surface area contributed by atoms with Crippen LogP contribution < -0.4 is 9.64 Å². The van der Waals surface area contributed by atoms with Crippen LogP contribution in [0.3, 0.4) is 0 Å². The van der Waals surface area contributed by atoms with E-state index in [4.69, 9.17) is 13.9 Å². The van der Waals surface area contributed by atoms with Crippen LogP contribution in [0.2, 0.25) is 0 Å². The summed E-state index contributed by atoms with van der Waals surface area (Å²) in [5.74, 6) is 0.481. The van der Waals surface area contributed by atoms with Crippen LogP contribution in [0.25, 0.3) is 11.1 Å². The van der Waals surface area contributed by atoms with Crippen LogP contribution in [0.15, 0.2) is 52.9 Å². The molecule has 6 nitrogen and oxygen atoms in total. The van der Waals surface area contributed by atoms with E-state index in [-0.39, 0.29) is 18.5 Å². The molecule has 0 aliphatic carbocycles. The number of oxazole rings is 1. The molecule has 2 heterocycles. The number of benzene rings is 2. The fraction of sp³-hybridized carbons (Fsp3) is 0.333. The molecule has 1 aliphatic heterocycles. The Bertz CT molecular complexity index is 896. The van der Waals surface area contributed by atoms with E-state index in [1.807, 2.05) is 48.5 Å². The number of methoxy groups -OCH3 is 1. The largest absolute Gasteiger partial charge is 0.496 e. The lowest BCUT2D eigenvalue weighted by Gasteiger charge is -2.29. The van der Waals surface area contributed by atoms with Crippen molar-refractivity contribution in [3.63, 3.8) is 0 Å². The first-order valence-corrected chi connectivity index (χ1v) is 9.13. The van der Waals surface area contributed by atoms with Crippen molar-refractivity contribution in [2.45, 2.75) is 19.4 Å². The van der Waals surface area contributed by atoms with Crippen molar-refractivity contribution in [2.24, 2.45) is 5.92 Å². The second-order valence-electron chi connectivity index (χ2n) is 6.65. The van der Waals surface area contributed by atoms with Crippen LogP contribution in [0.1, 0.15) is 18.4 Å². The quantitative estimate of drug-likeness (QED) is 0.640. The van der Waals surface area contributed by atoms with Gasteiger partial charge >= 0.3 is 5.97 Å². The summed E-state index contributed by atoms with van der Waals surface area (Å²) in [7, 11) is 1.61. The second-order valence-corrected chi connectivity index (χ2v) is 6.65. The third-order valence-corrected chi connectivity index (χ3v) is 4.94. The minimum atomic E-state index is -0.155. The first-order chi connectivity index (χ1) is 13.2. The molecule has 0 N–H and O–H groups in total. The summed E-state index contributed by atoms with van der Waals surface area (Å²) in [6.45, 7) is 1.68. The number of ether oxygens (including phenoxy) is 2.